The lowest BCUT2D eigenvalue weighted by atomic mass is 10.1. The second-order valence-corrected chi connectivity index (χ2v) is 12.6. The molecule has 4 nitrogen and oxygen atoms in total. The van der Waals surface area contributed by atoms with E-state index in [0.29, 0.717) is 20.1 Å². The van der Waals surface area contributed by atoms with Crippen molar-refractivity contribution in [2.45, 2.75) is 0 Å². The molecule has 222 valence electrons. The number of aromatic nitrogens is 4. The third-order valence-electron chi connectivity index (χ3n) is 6.19. The molecule has 3 aromatic carbocycles. The Balaban J connectivity index is 0.000000133. The molecule has 0 fully saturated rings. The zero-order chi connectivity index (χ0) is 31.7. The first-order chi connectivity index (χ1) is 21.0. The summed E-state index contributed by atoms with van der Waals surface area (Å²) < 4.78 is 49.2. The standard InChI is InChI=1S/2C12H6Cl2N2.C6F4I2/c2*13-9-3-5-15-11-7(9)1-2-8-10(14)4-6-16-12(8)11;7-1-2(8)6(12)4(10)3(9)5(1)11/h2*1-6H;. The quantitative estimate of drug-likeness (QED) is 0.0500. The van der Waals surface area contributed by atoms with E-state index < -0.39 is 30.4 Å². The first-order valence-electron chi connectivity index (χ1n) is 12.1. The highest BCUT2D eigenvalue weighted by Gasteiger charge is 2.22. The average Bonchev–Trinajstić information content (AvgIpc) is 3.03. The number of benzene rings is 3. The number of hydrogen-bond acceptors (Lipinski definition) is 4. The van der Waals surface area contributed by atoms with Crippen molar-refractivity contribution in [3.63, 3.8) is 0 Å². The van der Waals surface area contributed by atoms with Gasteiger partial charge in [0.05, 0.1) is 49.3 Å². The molecular formula is C30H12Cl4F4I2N4. The fourth-order valence-electron chi connectivity index (χ4n) is 4.10. The first kappa shape index (κ1) is 33.0. The number of rotatable bonds is 0. The minimum Gasteiger partial charge on any atom is -0.254 e. The summed E-state index contributed by atoms with van der Waals surface area (Å²) in [5.41, 5.74) is 3.14. The molecule has 0 spiro atoms. The number of nitrogens with zero attached hydrogens (tertiary/aromatic N) is 4. The summed E-state index contributed by atoms with van der Waals surface area (Å²) in [5, 5.41) is 6.28. The van der Waals surface area contributed by atoms with E-state index in [1.807, 2.05) is 24.3 Å². The number of fused-ring (bicyclic) bond motifs is 6. The van der Waals surface area contributed by atoms with E-state index in [-0.39, 0.29) is 0 Å². The van der Waals surface area contributed by atoms with Crippen LogP contribution in [0.3, 0.4) is 0 Å². The summed E-state index contributed by atoms with van der Waals surface area (Å²) in [5.74, 6) is -5.39. The van der Waals surface area contributed by atoms with Crippen LogP contribution in [0.5, 0.6) is 0 Å². The molecule has 0 amide bonds. The molecular weight excluding hydrogens is 888 g/mol. The molecule has 4 aromatic heterocycles. The molecule has 0 radical (unpaired) electrons. The Morgan fingerprint density at radius 1 is 0.386 bits per heavy atom. The van der Waals surface area contributed by atoms with Gasteiger partial charge in [0.2, 0.25) is 0 Å². The lowest BCUT2D eigenvalue weighted by Crippen LogP contribution is -2.02. The SMILES string of the molecule is Clc1ccnc2c1ccc1c(Cl)ccnc12.Clc1ccnc2c1ccc1c(Cl)ccnc12.Fc1c(F)c(I)c(F)c(F)c1I. The fourth-order valence-corrected chi connectivity index (χ4v) is 5.88. The smallest absolute Gasteiger partial charge is 0.176 e. The van der Waals surface area contributed by atoms with Gasteiger partial charge in [0, 0.05) is 46.3 Å². The van der Waals surface area contributed by atoms with Crippen LogP contribution in [0.15, 0.2) is 73.3 Å². The predicted octanol–water partition coefficient (Wildman–Crippen LogP) is 11.6. The molecule has 0 aliphatic carbocycles. The van der Waals surface area contributed by atoms with Crippen molar-refractivity contribution in [2.75, 3.05) is 0 Å². The monoisotopic (exact) mass is 898 g/mol. The van der Waals surface area contributed by atoms with Gasteiger partial charge in [0.1, 0.15) is 0 Å². The molecule has 14 heteroatoms. The fraction of sp³-hybridized carbons (Fsp3) is 0. The van der Waals surface area contributed by atoms with E-state index in [0.717, 1.165) is 43.6 Å². The molecule has 7 aromatic rings. The molecule has 4 heterocycles. The maximum atomic E-state index is 12.6. The van der Waals surface area contributed by atoms with Gasteiger partial charge in [0.15, 0.2) is 23.3 Å². The third-order valence-corrected chi connectivity index (χ3v) is 9.40. The van der Waals surface area contributed by atoms with E-state index in [1.54, 1.807) is 49.1 Å². The van der Waals surface area contributed by atoms with E-state index >= 15 is 0 Å². The predicted molar refractivity (Wildman–Crippen MR) is 186 cm³/mol. The summed E-state index contributed by atoms with van der Waals surface area (Å²) in [6.45, 7) is 0. The molecule has 0 atom stereocenters. The Morgan fingerprint density at radius 2 is 0.591 bits per heavy atom. The van der Waals surface area contributed by atoms with Gasteiger partial charge < -0.3 is 0 Å². The van der Waals surface area contributed by atoms with Gasteiger partial charge in [-0.05, 0) is 69.4 Å². The lowest BCUT2D eigenvalue weighted by Gasteiger charge is -2.04. The van der Waals surface area contributed by atoms with Crippen molar-refractivity contribution in [1.29, 1.82) is 0 Å². The Kier molecular flexibility index (Phi) is 10.5. The van der Waals surface area contributed by atoms with Crippen LogP contribution in [0, 0.1) is 30.4 Å². The van der Waals surface area contributed by atoms with Gasteiger partial charge in [0.25, 0.3) is 0 Å². The molecule has 0 N–H and O–H groups in total. The second-order valence-electron chi connectivity index (χ2n) is 8.77. The Morgan fingerprint density at radius 3 is 0.795 bits per heavy atom. The van der Waals surface area contributed by atoms with Crippen LogP contribution in [0.25, 0.3) is 43.6 Å². The van der Waals surface area contributed by atoms with Crippen LogP contribution in [-0.4, -0.2) is 19.9 Å². The van der Waals surface area contributed by atoms with Crippen LogP contribution in [0.4, 0.5) is 17.6 Å². The summed E-state index contributed by atoms with van der Waals surface area (Å²) in [6.07, 6.45) is 6.69. The van der Waals surface area contributed by atoms with Crippen LogP contribution >= 0.6 is 91.6 Å². The Hall–Kier alpha value is -2.36. The molecule has 0 bridgehead atoms. The highest BCUT2D eigenvalue weighted by Crippen LogP contribution is 2.32. The van der Waals surface area contributed by atoms with Gasteiger partial charge in [-0.25, -0.2) is 17.6 Å². The number of pyridine rings is 4. The van der Waals surface area contributed by atoms with Crippen LogP contribution in [0.1, 0.15) is 0 Å². The third kappa shape index (κ3) is 6.47. The zero-order valence-electron chi connectivity index (χ0n) is 21.5. The van der Waals surface area contributed by atoms with Gasteiger partial charge >= 0.3 is 0 Å². The van der Waals surface area contributed by atoms with E-state index in [4.69, 9.17) is 46.4 Å². The van der Waals surface area contributed by atoms with Crippen LogP contribution < -0.4 is 0 Å². The van der Waals surface area contributed by atoms with Crippen LogP contribution in [0.2, 0.25) is 20.1 Å². The topological polar surface area (TPSA) is 51.6 Å². The normalized spacial score (nSPS) is 11.0. The Bertz CT molecular complexity index is 1870. The summed E-state index contributed by atoms with van der Waals surface area (Å²) in [7, 11) is 0. The van der Waals surface area contributed by atoms with Crippen molar-refractivity contribution < 1.29 is 17.6 Å². The van der Waals surface area contributed by atoms with Crippen molar-refractivity contribution in [2.24, 2.45) is 0 Å². The van der Waals surface area contributed by atoms with E-state index in [9.17, 15) is 17.6 Å². The highest BCUT2D eigenvalue weighted by atomic mass is 127. The van der Waals surface area contributed by atoms with Crippen molar-refractivity contribution in [3.8, 4) is 0 Å². The molecule has 44 heavy (non-hydrogen) atoms. The highest BCUT2D eigenvalue weighted by molar-refractivity contribution is 14.1. The summed E-state index contributed by atoms with van der Waals surface area (Å²) in [4.78, 5) is 17.2. The average molecular weight is 900 g/mol. The van der Waals surface area contributed by atoms with Crippen molar-refractivity contribution >= 4 is 135 Å². The van der Waals surface area contributed by atoms with E-state index in [1.165, 1.54) is 45.2 Å². The van der Waals surface area contributed by atoms with Crippen molar-refractivity contribution in [1.82, 2.24) is 19.9 Å². The van der Waals surface area contributed by atoms with Gasteiger partial charge in [-0.3, -0.25) is 19.9 Å². The molecule has 7 rings (SSSR count). The molecule has 0 aliphatic rings. The maximum Gasteiger partial charge on any atom is 0.176 e. The molecule has 0 saturated heterocycles. The largest absolute Gasteiger partial charge is 0.254 e. The lowest BCUT2D eigenvalue weighted by molar-refractivity contribution is 0.437. The van der Waals surface area contributed by atoms with Crippen molar-refractivity contribution in [3.05, 3.63) is 124 Å². The first-order valence-corrected chi connectivity index (χ1v) is 15.8. The van der Waals surface area contributed by atoms with Gasteiger partial charge in [-0.15, -0.1) is 0 Å². The van der Waals surface area contributed by atoms with E-state index in [2.05, 4.69) is 19.9 Å². The number of hydrogen-bond donors (Lipinski definition) is 0. The summed E-state index contributed by atoms with van der Waals surface area (Å²) in [6, 6.07) is 14.7. The Labute approximate surface area is 294 Å². The molecule has 0 saturated carbocycles. The van der Waals surface area contributed by atoms with Gasteiger partial charge in [-0.1, -0.05) is 70.7 Å². The maximum absolute atomic E-state index is 12.6. The minimum atomic E-state index is -1.35. The second kappa shape index (κ2) is 14.0. The zero-order valence-corrected chi connectivity index (χ0v) is 28.8. The minimum absolute atomic E-state index is 0.664. The number of halogens is 10. The van der Waals surface area contributed by atoms with Gasteiger partial charge in [-0.2, -0.15) is 0 Å². The van der Waals surface area contributed by atoms with Crippen LogP contribution in [-0.2, 0) is 0 Å². The molecule has 0 unspecified atom stereocenters. The summed E-state index contributed by atoms with van der Waals surface area (Å²) >= 11 is 26.8. The molecule has 0 aliphatic heterocycles.